The molecule has 212 valence electrons. The lowest BCUT2D eigenvalue weighted by atomic mass is 9.78. The van der Waals surface area contributed by atoms with E-state index < -0.39 is 11.2 Å². The van der Waals surface area contributed by atoms with E-state index >= 15 is 0 Å². The van der Waals surface area contributed by atoms with Crippen LogP contribution in [-0.2, 0) is 37.1 Å². The highest BCUT2D eigenvalue weighted by Gasteiger charge is 2.51. The van der Waals surface area contributed by atoms with E-state index in [1.165, 1.54) is 0 Å². The number of benzene rings is 4. The summed E-state index contributed by atoms with van der Waals surface area (Å²) in [5.74, 6) is 0. The van der Waals surface area contributed by atoms with Gasteiger partial charge < -0.3 is 10.2 Å². The predicted octanol–water partition coefficient (Wildman–Crippen LogP) is 4.24. The molecule has 8 rings (SSSR count). The maximum absolute atomic E-state index is 12.5. The van der Waals surface area contributed by atoms with E-state index in [2.05, 4.69) is 20.6 Å². The fourth-order valence-electron chi connectivity index (χ4n) is 7.11. The smallest absolute Gasteiger partial charge is 0.161 e. The summed E-state index contributed by atoms with van der Waals surface area (Å²) in [7, 11) is 0. The maximum Gasteiger partial charge on any atom is 0.161 e. The maximum atomic E-state index is 12.5. The van der Waals surface area contributed by atoms with Crippen molar-refractivity contribution in [2.75, 3.05) is 0 Å². The van der Waals surface area contributed by atoms with Crippen LogP contribution in [0.5, 0.6) is 0 Å². The third kappa shape index (κ3) is 3.84. The van der Waals surface area contributed by atoms with Gasteiger partial charge in [-0.3, -0.25) is 0 Å². The minimum absolute atomic E-state index is 0.234. The van der Waals surface area contributed by atoms with Gasteiger partial charge in [-0.1, -0.05) is 132 Å². The van der Waals surface area contributed by atoms with Crippen LogP contribution < -0.4 is 0 Å². The van der Waals surface area contributed by atoms with Gasteiger partial charge in [0.1, 0.15) is 11.4 Å². The number of fused-ring (bicyclic) bond motifs is 2. The molecule has 0 saturated carbocycles. The molecule has 0 amide bonds. The molecule has 0 fully saturated rings. The van der Waals surface area contributed by atoms with Gasteiger partial charge in [0, 0.05) is 18.3 Å². The van der Waals surface area contributed by atoms with Gasteiger partial charge in [0.25, 0.3) is 0 Å². The SMILES string of the molecule is OC(c1ccccc1)(c1ccccc1)c1nnn2c1CC1(Cc3c(C(O)(c4ccccc4)c4ccccc4)nnn3C1)C2. The van der Waals surface area contributed by atoms with Crippen molar-refractivity contribution in [2.24, 2.45) is 5.41 Å². The molecule has 0 atom stereocenters. The second-order valence-corrected chi connectivity index (χ2v) is 11.8. The van der Waals surface area contributed by atoms with Gasteiger partial charge in [-0.2, -0.15) is 0 Å². The average Bonchev–Trinajstić information content (AvgIpc) is 3.82. The van der Waals surface area contributed by atoms with Crippen LogP contribution in [0.4, 0.5) is 0 Å². The zero-order chi connectivity index (χ0) is 29.1. The van der Waals surface area contributed by atoms with E-state index in [1.807, 2.05) is 131 Å². The van der Waals surface area contributed by atoms with Gasteiger partial charge in [0.15, 0.2) is 11.2 Å². The molecule has 2 aliphatic heterocycles. The Morgan fingerprint density at radius 2 is 0.791 bits per heavy atom. The molecule has 4 aromatic carbocycles. The highest BCUT2D eigenvalue weighted by atomic mass is 16.3. The largest absolute Gasteiger partial charge is 0.374 e. The van der Waals surface area contributed by atoms with E-state index in [-0.39, 0.29) is 5.41 Å². The van der Waals surface area contributed by atoms with Crippen LogP contribution >= 0.6 is 0 Å². The lowest BCUT2D eigenvalue weighted by Gasteiger charge is -2.29. The molecule has 1 spiro atoms. The number of hydrogen-bond donors (Lipinski definition) is 2. The number of hydrogen-bond acceptors (Lipinski definition) is 6. The van der Waals surface area contributed by atoms with Crippen molar-refractivity contribution >= 4 is 0 Å². The number of nitrogens with zero attached hydrogens (tertiary/aromatic N) is 6. The molecule has 4 heterocycles. The van der Waals surface area contributed by atoms with Gasteiger partial charge in [0.2, 0.25) is 0 Å². The molecule has 2 aromatic heterocycles. The molecule has 0 bridgehead atoms. The Kier molecular flexibility index (Phi) is 5.72. The summed E-state index contributed by atoms with van der Waals surface area (Å²) in [5, 5.41) is 43.2. The van der Waals surface area contributed by atoms with Gasteiger partial charge in [-0.05, 0) is 22.3 Å². The second-order valence-electron chi connectivity index (χ2n) is 11.8. The van der Waals surface area contributed by atoms with E-state index in [0.717, 1.165) is 33.6 Å². The van der Waals surface area contributed by atoms with E-state index in [4.69, 9.17) is 0 Å². The number of rotatable bonds is 6. The molecule has 0 unspecified atom stereocenters. The first-order valence-electron chi connectivity index (χ1n) is 14.5. The monoisotopic (exact) mass is 566 g/mol. The standard InChI is InChI=1S/C35H30N6O2/c42-34(25-13-5-1-6-14-25,26-15-7-2-8-16-26)31-29-21-33(23-40(29)38-36-31)22-30-32(37-39-41(30)24-33)35(43,27-17-9-3-10-18-27)28-19-11-4-12-20-28/h1-20,42-43H,21-24H2. The zero-order valence-electron chi connectivity index (χ0n) is 23.5. The number of aliphatic hydroxyl groups is 2. The Labute approximate surface area is 248 Å². The Bertz CT molecular complexity index is 1680. The van der Waals surface area contributed by atoms with Crippen molar-refractivity contribution in [3.63, 3.8) is 0 Å². The van der Waals surface area contributed by atoms with Gasteiger partial charge in [-0.15, -0.1) is 10.2 Å². The Hall–Kier alpha value is -4.92. The van der Waals surface area contributed by atoms with Crippen LogP contribution in [0.2, 0.25) is 0 Å². The minimum Gasteiger partial charge on any atom is -0.374 e. The van der Waals surface area contributed by atoms with Gasteiger partial charge >= 0.3 is 0 Å². The summed E-state index contributed by atoms with van der Waals surface area (Å²) < 4.78 is 3.87. The molecule has 2 aliphatic rings. The van der Waals surface area contributed by atoms with E-state index in [0.29, 0.717) is 37.3 Å². The Morgan fingerprint density at radius 3 is 1.09 bits per heavy atom. The fourth-order valence-corrected chi connectivity index (χ4v) is 7.11. The summed E-state index contributed by atoms with van der Waals surface area (Å²) in [6.07, 6.45) is 1.32. The normalized spacial score (nSPS) is 15.5. The molecule has 0 saturated heterocycles. The predicted molar refractivity (Wildman–Crippen MR) is 160 cm³/mol. The van der Waals surface area contributed by atoms with E-state index in [9.17, 15) is 10.2 Å². The zero-order valence-corrected chi connectivity index (χ0v) is 23.5. The Morgan fingerprint density at radius 1 is 0.488 bits per heavy atom. The van der Waals surface area contributed by atoms with Crippen LogP contribution in [-0.4, -0.2) is 40.2 Å². The topological polar surface area (TPSA) is 102 Å². The third-order valence-electron chi connectivity index (χ3n) is 9.18. The van der Waals surface area contributed by atoms with Crippen molar-refractivity contribution in [3.05, 3.63) is 166 Å². The highest BCUT2D eigenvalue weighted by Crippen LogP contribution is 2.48. The summed E-state index contributed by atoms with van der Waals surface area (Å²) in [6, 6.07) is 38.7. The molecule has 8 heteroatoms. The third-order valence-corrected chi connectivity index (χ3v) is 9.18. The lowest BCUT2D eigenvalue weighted by molar-refractivity contribution is 0.118. The summed E-state index contributed by atoms with van der Waals surface area (Å²) in [6.45, 7) is 1.26. The first-order valence-corrected chi connectivity index (χ1v) is 14.5. The van der Waals surface area contributed by atoms with Crippen LogP contribution in [0, 0.1) is 5.41 Å². The van der Waals surface area contributed by atoms with Crippen molar-refractivity contribution < 1.29 is 10.2 Å². The van der Waals surface area contributed by atoms with Gasteiger partial charge in [-0.25, -0.2) is 9.36 Å². The molecule has 0 aliphatic carbocycles. The van der Waals surface area contributed by atoms with Crippen LogP contribution in [0.15, 0.2) is 121 Å². The molecule has 43 heavy (non-hydrogen) atoms. The summed E-state index contributed by atoms with van der Waals surface area (Å²) in [5.41, 5.74) is 2.75. The fraction of sp³-hybridized carbons (Fsp3) is 0.200. The van der Waals surface area contributed by atoms with Crippen molar-refractivity contribution in [1.29, 1.82) is 0 Å². The molecular weight excluding hydrogens is 536 g/mol. The first kappa shape index (κ1) is 25.8. The molecular formula is C35H30N6O2. The van der Waals surface area contributed by atoms with E-state index in [1.54, 1.807) is 0 Å². The van der Waals surface area contributed by atoms with Crippen molar-refractivity contribution in [2.45, 2.75) is 37.1 Å². The second kappa shape index (κ2) is 9.55. The molecule has 2 N–H and O–H groups in total. The van der Waals surface area contributed by atoms with Crippen molar-refractivity contribution in [3.8, 4) is 0 Å². The molecule has 6 aromatic rings. The highest BCUT2D eigenvalue weighted by molar-refractivity contribution is 5.48. The number of aromatic nitrogens is 6. The first-order chi connectivity index (χ1) is 21.0. The van der Waals surface area contributed by atoms with Crippen LogP contribution in [0.3, 0.4) is 0 Å². The molecule has 8 nitrogen and oxygen atoms in total. The van der Waals surface area contributed by atoms with Crippen molar-refractivity contribution in [1.82, 2.24) is 30.0 Å². The Balaban J connectivity index is 1.19. The summed E-state index contributed by atoms with van der Waals surface area (Å²) in [4.78, 5) is 0. The summed E-state index contributed by atoms with van der Waals surface area (Å²) >= 11 is 0. The minimum atomic E-state index is -1.46. The van der Waals surface area contributed by atoms with Crippen LogP contribution in [0.1, 0.15) is 45.0 Å². The molecule has 0 radical (unpaired) electrons. The van der Waals surface area contributed by atoms with Gasteiger partial charge in [0.05, 0.1) is 24.5 Å². The van der Waals surface area contributed by atoms with Crippen LogP contribution in [0.25, 0.3) is 0 Å². The quantitative estimate of drug-likeness (QED) is 0.313. The lowest BCUT2D eigenvalue weighted by Crippen LogP contribution is -2.32. The average molecular weight is 567 g/mol.